The highest BCUT2D eigenvalue weighted by Gasteiger charge is 2.21. The Morgan fingerprint density at radius 3 is 2.64 bits per heavy atom. The molecule has 0 aliphatic rings. The molecule has 0 bridgehead atoms. The van der Waals surface area contributed by atoms with Crippen molar-refractivity contribution in [1.82, 2.24) is 9.88 Å². The summed E-state index contributed by atoms with van der Waals surface area (Å²) >= 11 is 0. The lowest BCUT2D eigenvalue weighted by molar-refractivity contribution is -0.384. The number of amides is 1. The highest BCUT2D eigenvalue weighted by molar-refractivity contribution is 5.95. The molecule has 6 nitrogen and oxygen atoms in total. The van der Waals surface area contributed by atoms with Gasteiger partial charge in [-0.25, -0.2) is 4.98 Å². The van der Waals surface area contributed by atoms with Crippen LogP contribution in [0.5, 0.6) is 0 Å². The molecule has 1 heterocycles. The molecule has 0 unspecified atom stereocenters. The van der Waals surface area contributed by atoms with Gasteiger partial charge in [0.15, 0.2) is 0 Å². The number of rotatable bonds is 4. The average molecular weight is 335 g/mol. The molecule has 126 valence electrons. The van der Waals surface area contributed by atoms with Gasteiger partial charge in [-0.3, -0.25) is 14.9 Å². The molecule has 3 rings (SSSR count). The normalized spacial score (nSPS) is 11.9. The van der Waals surface area contributed by atoms with E-state index in [9.17, 15) is 14.9 Å². The van der Waals surface area contributed by atoms with E-state index in [-0.39, 0.29) is 17.6 Å². The fourth-order valence-electron chi connectivity index (χ4n) is 2.66. The first-order valence-electron chi connectivity index (χ1n) is 7.84. The molecule has 1 amide bonds. The van der Waals surface area contributed by atoms with Crippen LogP contribution in [0.3, 0.4) is 0 Å². The van der Waals surface area contributed by atoms with Gasteiger partial charge in [0.25, 0.3) is 11.6 Å². The topological polar surface area (TPSA) is 76.3 Å². The first kappa shape index (κ1) is 16.6. The van der Waals surface area contributed by atoms with Crippen LogP contribution < -0.4 is 0 Å². The summed E-state index contributed by atoms with van der Waals surface area (Å²) in [6, 6.07) is 17.1. The van der Waals surface area contributed by atoms with Crippen LogP contribution >= 0.6 is 0 Å². The molecule has 0 aliphatic carbocycles. The minimum Gasteiger partial charge on any atom is -0.334 e. The Labute approximate surface area is 144 Å². The molecule has 25 heavy (non-hydrogen) atoms. The summed E-state index contributed by atoms with van der Waals surface area (Å²) in [7, 11) is 1.67. The highest BCUT2D eigenvalue weighted by atomic mass is 16.6. The van der Waals surface area contributed by atoms with E-state index < -0.39 is 4.92 Å². The Kier molecular flexibility index (Phi) is 4.43. The maximum Gasteiger partial charge on any atom is 0.272 e. The van der Waals surface area contributed by atoms with E-state index in [2.05, 4.69) is 4.98 Å². The smallest absolute Gasteiger partial charge is 0.272 e. The summed E-state index contributed by atoms with van der Waals surface area (Å²) in [5.41, 5.74) is 1.81. The van der Waals surface area contributed by atoms with Gasteiger partial charge in [0, 0.05) is 24.6 Å². The third kappa shape index (κ3) is 3.33. The van der Waals surface area contributed by atoms with E-state index in [1.165, 1.54) is 17.0 Å². The van der Waals surface area contributed by atoms with Gasteiger partial charge in [0.05, 0.1) is 16.5 Å². The summed E-state index contributed by atoms with van der Waals surface area (Å²) in [5, 5.41) is 11.9. The quantitative estimate of drug-likeness (QED) is 0.534. The molecule has 3 aromatic rings. The van der Waals surface area contributed by atoms with Gasteiger partial charge in [-0.1, -0.05) is 36.4 Å². The van der Waals surface area contributed by atoms with Gasteiger partial charge in [0.1, 0.15) is 5.69 Å². The second-order valence-electron chi connectivity index (χ2n) is 5.83. The Hall–Kier alpha value is -3.28. The van der Waals surface area contributed by atoms with Crippen LogP contribution in [0.25, 0.3) is 10.9 Å². The third-order valence-corrected chi connectivity index (χ3v) is 4.28. The number of carbonyl (C=O) groups excluding carboxylic acids is 1. The van der Waals surface area contributed by atoms with Crippen LogP contribution in [-0.2, 0) is 0 Å². The number of nitro benzene ring substituents is 1. The van der Waals surface area contributed by atoms with Crippen LogP contribution in [0, 0.1) is 10.1 Å². The molecular weight excluding hydrogens is 318 g/mol. The van der Waals surface area contributed by atoms with Crippen molar-refractivity contribution in [1.29, 1.82) is 0 Å². The maximum atomic E-state index is 12.8. The van der Waals surface area contributed by atoms with E-state index in [1.54, 1.807) is 25.2 Å². The predicted molar refractivity (Wildman–Crippen MR) is 95.3 cm³/mol. The zero-order chi connectivity index (χ0) is 18.0. The van der Waals surface area contributed by atoms with Crippen LogP contribution in [-0.4, -0.2) is 27.8 Å². The van der Waals surface area contributed by atoms with Crippen molar-refractivity contribution >= 4 is 22.5 Å². The minimum absolute atomic E-state index is 0.00836. The second kappa shape index (κ2) is 6.68. The SMILES string of the molecule is C[C@@H](c1cccc([N+](=O)[O-])c1)N(C)C(=O)c1ccc2ccccc2n1. The molecule has 1 aromatic heterocycles. The Morgan fingerprint density at radius 2 is 1.88 bits per heavy atom. The largest absolute Gasteiger partial charge is 0.334 e. The highest BCUT2D eigenvalue weighted by Crippen LogP contribution is 2.24. The monoisotopic (exact) mass is 335 g/mol. The van der Waals surface area contributed by atoms with Gasteiger partial charge >= 0.3 is 0 Å². The number of carbonyl (C=O) groups is 1. The molecule has 6 heteroatoms. The number of hydrogen-bond donors (Lipinski definition) is 0. The number of nitrogens with zero attached hydrogens (tertiary/aromatic N) is 3. The first-order chi connectivity index (χ1) is 12.0. The van der Waals surface area contributed by atoms with Crippen molar-refractivity contribution in [2.75, 3.05) is 7.05 Å². The van der Waals surface area contributed by atoms with Gasteiger partial charge in [-0.15, -0.1) is 0 Å². The van der Waals surface area contributed by atoms with Gasteiger partial charge in [-0.05, 0) is 24.6 Å². The molecule has 0 spiro atoms. The lowest BCUT2D eigenvalue weighted by atomic mass is 10.1. The fraction of sp³-hybridized carbons (Fsp3) is 0.158. The van der Waals surface area contributed by atoms with Crippen molar-refractivity contribution in [3.05, 3.63) is 82.0 Å². The van der Waals surface area contributed by atoms with Gasteiger partial charge in [0.2, 0.25) is 0 Å². The summed E-state index contributed by atoms with van der Waals surface area (Å²) in [5.74, 6) is -0.232. The summed E-state index contributed by atoms with van der Waals surface area (Å²) < 4.78 is 0. The lowest BCUT2D eigenvalue weighted by Gasteiger charge is -2.25. The number of non-ortho nitro benzene ring substituents is 1. The van der Waals surface area contributed by atoms with Gasteiger partial charge in [-0.2, -0.15) is 0 Å². The van der Waals surface area contributed by atoms with Crippen molar-refractivity contribution in [2.24, 2.45) is 0 Å². The molecule has 0 N–H and O–H groups in total. The summed E-state index contributed by atoms with van der Waals surface area (Å²) in [4.78, 5) is 29.2. The fourth-order valence-corrected chi connectivity index (χ4v) is 2.66. The molecule has 0 aliphatic heterocycles. The van der Waals surface area contributed by atoms with Crippen molar-refractivity contribution in [3.63, 3.8) is 0 Å². The predicted octanol–water partition coefficient (Wildman–Crippen LogP) is 3.98. The molecule has 2 aromatic carbocycles. The number of nitro groups is 1. The van der Waals surface area contributed by atoms with Crippen LogP contribution in [0.4, 0.5) is 5.69 Å². The van der Waals surface area contributed by atoms with E-state index >= 15 is 0 Å². The Morgan fingerprint density at radius 1 is 1.12 bits per heavy atom. The van der Waals surface area contributed by atoms with E-state index in [1.807, 2.05) is 37.3 Å². The lowest BCUT2D eigenvalue weighted by Crippen LogP contribution is -2.30. The van der Waals surface area contributed by atoms with Crippen LogP contribution in [0.1, 0.15) is 29.0 Å². The van der Waals surface area contributed by atoms with Crippen molar-refractivity contribution < 1.29 is 9.72 Å². The Balaban J connectivity index is 1.87. The Bertz CT molecular complexity index is 955. The number of para-hydroxylation sites is 1. The van der Waals surface area contributed by atoms with E-state index in [0.717, 1.165) is 10.9 Å². The molecule has 1 atom stereocenters. The number of pyridine rings is 1. The van der Waals surface area contributed by atoms with Crippen molar-refractivity contribution in [3.8, 4) is 0 Å². The number of fused-ring (bicyclic) bond motifs is 1. The van der Waals surface area contributed by atoms with Crippen molar-refractivity contribution in [2.45, 2.75) is 13.0 Å². The average Bonchev–Trinajstić information content (AvgIpc) is 2.65. The number of aromatic nitrogens is 1. The number of hydrogen-bond acceptors (Lipinski definition) is 4. The maximum absolute atomic E-state index is 12.8. The molecule has 0 saturated carbocycles. The van der Waals surface area contributed by atoms with Crippen LogP contribution in [0.15, 0.2) is 60.7 Å². The summed E-state index contributed by atoms with van der Waals surface area (Å²) in [6.45, 7) is 1.83. The minimum atomic E-state index is -0.442. The zero-order valence-electron chi connectivity index (χ0n) is 13.9. The molecule has 0 saturated heterocycles. The molecular formula is C19H17N3O3. The van der Waals surface area contributed by atoms with Crippen LogP contribution in [0.2, 0.25) is 0 Å². The standard InChI is InChI=1S/C19H17N3O3/c1-13(15-7-5-8-16(12-15)22(24)25)21(2)19(23)18-11-10-14-6-3-4-9-17(14)20-18/h3-13H,1-2H3/t13-/m0/s1. The van der Waals surface area contributed by atoms with Gasteiger partial charge < -0.3 is 4.90 Å². The van der Waals surface area contributed by atoms with E-state index in [4.69, 9.17) is 0 Å². The first-order valence-corrected chi connectivity index (χ1v) is 7.84. The molecule has 0 radical (unpaired) electrons. The zero-order valence-corrected chi connectivity index (χ0v) is 13.9. The third-order valence-electron chi connectivity index (χ3n) is 4.28. The summed E-state index contributed by atoms with van der Waals surface area (Å²) in [6.07, 6.45) is 0. The van der Waals surface area contributed by atoms with E-state index in [0.29, 0.717) is 11.3 Å². The molecule has 0 fully saturated rings. The number of benzene rings is 2. The second-order valence-corrected chi connectivity index (χ2v) is 5.83.